The summed E-state index contributed by atoms with van der Waals surface area (Å²) >= 11 is 0. The number of benzene rings is 1. The number of urea groups is 1. The number of carboxylic acid groups (broad SMARTS) is 1. The van der Waals surface area contributed by atoms with Crippen LogP contribution in [0.2, 0.25) is 0 Å². The first-order valence-corrected chi connectivity index (χ1v) is 4.60. The van der Waals surface area contributed by atoms with E-state index in [1.54, 1.807) is 0 Å². The van der Waals surface area contributed by atoms with E-state index in [1.807, 2.05) is 5.43 Å². The molecule has 1 aromatic rings. The fourth-order valence-corrected chi connectivity index (χ4v) is 1.09. The van der Waals surface area contributed by atoms with Gasteiger partial charge in [0.2, 0.25) is 0 Å². The Labute approximate surface area is 145 Å². The second-order valence-electron chi connectivity index (χ2n) is 3.16. The third kappa shape index (κ3) is 6.12. The van der Waals surface area contributed by atoms with Crippen molar-refractivity contribution in [1.82, 2.24) is 5.43 Å². The van der Waals surface area contributed by atoms with Crippen molar-refractivity contribution >= 4 is 17.7 Å². The van der Waals surface area contributed by atoms with Crippen LogP contribution in [0.3, 0.4) is 0 Å². The Hall–Kier alpha value is -0.934. The first-order chi connectivity index (χ1) is 7.99. The van der Waals surface area contributed by atoms with E-state index in [9.17, 15) is 14.7 Å². The SMILES string of the molecule is NC(=O)N/N=C(\Cc1ccc([O-])cc1)C(=O)O.[K+]. The Morgan fingerprint density at radius 1 is 1.33 bits per heavy atom. The third-order valence-electron chi connectivity index (χ3n) is 1.84. The van der Waals surface area contributed by atoms with E-state index in [1.165, 1.54) is 24.3 Å². The normalized spacial score (nSPS) is 10.3. The van der Waals surface area contributed by atoms with Crippen LogP contribution in [0.25, 0.3) is 0 Å². The molecule has 2 amide bonds. The number of carbonyl (C=O) groups excluding carboxylic acids is 1. The van der Waals surface area contributed by atoms with Crippen molar-refractivity contribution in [2.24, 2.45) is 10.8 Å². The molecule has 0 saturated carbocycles. The maximum atomic E-state index is 10.8. The summed E-state index contributed by atoms with van der Waals surface area (Å²) in [6.45, 7) is 0. The van der Waals surface area contributed by atoms with Gasteiger partial charge in [0.25, 0.3) is 0 Å². The number of aliphatic carboxylic acids is 1. The van der Waals surface area contributed by atoms with Crippen LogP contribution in [0, 0.1) is 0 Å². The van der Waals surface area contributed by atoms with Crippen LogP contribution in [0.4, 0.5) is 4.79 Å². The van der Waals surface area contributed by atoms with Gasteiger partial charge in [0.05, 0.1) is 0 Å². The molecule has 1 rings (SSSR count). The molecule has 0 fully saturated rings. The minimum Gasteiger partial charge on any atom is -0.872 e. The van der Waals surface area contributed by atoms with Crippen molar-refractivity contribution in [3.8, 4) is 5.75 Å². The van der Waals surface area contributed by atoms with E-state index in [2.05, 4.69) is 5.10 Å². The van der Waals surface area contributed by atoms with E-state index in [-0.39, 0.29) is 69.3 Å². The van der Waals surface area contributed by atoms with E-state index < -0.39 is 12.0 Å². The molecular formula is C10H10KN3O4. The van der Waals surface area contributed by atoms with E-state index in [0.717, 1.165) is 0 Å². The number of carboxylic acids is 1. The molecule has 8 heteroatoms. The Balaban J connectivity index is 0.00000289. The van der Waals surface area contributed by atoms with E-state index in [0.29, 0.717) is 5.56 Å². The van der Waals surface area contributed by atoms with Crippen LogP contribution in [-0.2, 0) is 11.2 Å². The molecule has 0 aliphatic carbocycles. The first-order valence-electron chi connectivity index (χ1n) is 4.60. The Bertz CT molecular complexity index is 459. The zero-order chi connectivity index (χ0) is 12.8. The van der Waals surface area contributed by atoms with Crippen LogP contribution >= 0.6 is 0 Å². The van der Waals surface area contributed by atoms with Gasteiger partial charge in [-0.1, -0.05) is 24.3 Å². The maximum Gasteiger partial charge on any atom is 1.00 e. The molecule has 4 N–H and O–H groups in total. The van der Waals surface area contributed by atoms with Crippen molar-refractivity contribution < 1.29 is 71.2 Å². The summed E-state index contributed by atoms with van der Waals surface area (Å²) in [6, 6.07) is 4.67. The van der Waals surface area contributed by atoms with Crippen molar-refractivity contribution in [1.29, 1.82) is 0 Å². The average Bonchev–Trinajstić information content (AvgIpc) is 2.26. The molecule has 90 valence electrons. The van der Waals surface area contributed by atoms with Gasteiger partial charge in [-0.05, 0) is 5.56 Å². The smallest absolute Gasteiger partial charge is 0.872 e. The van der Waals surface area contributed by atoms with Gasteiger partial charge >= 0.3 is 63.4 Å². The third-order valence-corrected chi connectivity index (χ3v) is 1.84. The van der Waals surface area contributed by atoms with Gasteiger partial charge in [-0.15, -0.1) is 5.75 Å². The summed E-state index contributed by atoms with van der Waals surface area (Å²) in [7, 11) is 0. The molecule has 0 heterocycles. The van der Waals surface area contributed by atoms with Crippen molar-refractivity contribution in [2.45, 2.75) is 6.42 Å². The molecule has 0 aromatic heterocycles. The van der Waals surface area contributed by atoms with E-state index >= 15 is 0 Å². The Morgan fingerprint density at radius 3 is 2.33 bits per heavy atom. The number of nitrogens with one attached hydrogen (secondary N) is 1. The average molecular weight is 275 g/mol. The quantitative estimate of drug-likeness (QED) is 0.298. The summed E-state index contributed by atoms with van der Waals surface area (Å²) in [4.78, 5) is 21.2. The number of hydrogen-bond donors (Lipinski definition) is 3. The number of amides is 2. The number of nitrogens with zero attached hydrogens (tertiary/aromatic N) is 1. The molecule has 0 spiro atoms. The van der Waals surface area contributed by atoms with Crippen LogP contribution in [0.1, 0.15) is 5.56 Å². The fraction of sp³-hybridized carbons (Fsp3) is 0.100. The number of rotatable bonds is 4. The molecule has 0 aliphatic heterocycles. The summed E-state index contributed by atoms with van der Waals surface area (Å²) < 4.78 is 0. The number of nitrogens with two attached hydrogens (primary N) is 1. The molecule has 0 unspecified atom stereocenters. The molecule has 0 bridgehead atoms. The van der Waals surface area contributed by atoms with Gasteiger partial charge in [-0.2, -0.15) is 5.10 Å². The number of hydrazone groups is 1. The van der Waals surface area contributed by atoms with Gasteiger partial charge in [0.15, 0.2) is 0 Å². The van der Waals surface area contributed by atoms with Crippen molar-refractivity contribution in [3.05, 3.63) is 29.8 Å². The number of hydrogen-bond acceptors (Lipinski definition) is 4. The number of primary amides is 1. The van der Waals surface area contributed by atoms with Gasteiger partial charge in [0, 0.05) is 6.42 Å². The predicted molar refractivity (Wildman–Crippen MR) is 57.4 cm³/mol. The largest absolute Gasteiger partial charge is 1.00 e. The van der Waals surface area contributed by atoms with Gasteiger partial charge < -0.3 is 15.9 Å². The van der Waals surface area contributed by atoms with Crippen molar-refractivity contribution in [2.75, 3.05) is 0 Å². The molecule has 0 saturated heterocycles. The molecule has 0 atom stereocenters. The minimum absolute atomic E-state index is 0. The molecule has 7 nitrogen and oxygen atoms in total. The first kappa shape index (κ1) is 17.1. The standard InChI is InChI=1S/C10H11N3O4.K/c11-10(17)13-12-8(9(15)16)5-6-1-3-7(14)4-2-6;/h1-4,14H,5H2,(H,15,16)(H3,11,13,17);/q;+1/p-1/b12-8+;. The summed E-state index contributed by atoms with van der Waals surface area (Å²) in [5.41, 5.74) is 6.92. The second-order valence-corrected chi connectivity index (χ2v) is 3.16. The minimum atomic E-state index is -1.27. The Kier molecular flexibility index (Phi) is 7.79. The second kappa shape index (κ2) is 8.22. The molecular weight excluding hydrogens is 265 g/mol. The maximum absolute atomic E-state index is 10.8. The summed E-state index contributed by atoms with van der Waals surface area (Å²) in [5, 5.41) is 23.0. The molecule has 18 heavy (non-hydrogen) atoms. The number of carbonyl (C=O) groups is 2. The molecule has 0 radical (unpaired) electrons. The zero-order valence-electron chi connectivity index (χ0n) is 9.71. The Morgan fingerprint density at radius 2 is 1.89 bits per heavy atom. The topological polar surface area (TPSA) is 128 Å². The van der Waals surface area contributed by atoms with Gasteiger partial charge in [0.1, 0.15) is 5.71 Å². The van der Waals surface area contributed by atoms with E-state index in [4.69, 9.17) is 10.8 Å². The fourth-order valence-electron chi connectivity index (χ4n) is 1.09. The summed E-state index contributed by atoms with van der Waals surface area (Å²) in [5.74, 6) is -1.44. The van der Waals surface area contributed by atoms with Crippen molar-refractivity contribution in [3.63, 3.8) is 0 Å². The van der Waals surface area contributed by atoms with Crippen LogP contribution in [0.15, 0.2) is 29.4 Å². The van der Waals surface area contributed by atoms with Crippen LogP contribution in [-0.4, -0.2) is 22.8 Å². The molecule has 1 aromatic carbocycles. The van der Waals surface area contributed by atoms with Crippen LogP contribution < -0.4 is 67.7 Å². The monoisotopic (exact) mass is 275 g/mol. The van der Waals surface area contributed by atoms with Crippen LogP contribution in [0.5, 0.6) is 5.75 Å². The van der Waals surface area contributed by atoms with Gasteiger partial charge in [-0.3, -0.25) is 0 Å². The summed E-state index contributed by atoms with van der Waals surface area (Å²) in [6.07, 6.45) is -0.0180. The van der Waals surface area contributed by atoms with Gasteiger partial charge in [-0.25, -0.2) is 15.0 Å². The predicted octanol–water partition coefficient (Wildman–Crippen LogP) is -3.58. The zero-order valence-corrected chi connectivity index (χ0v) is 12.8. The molecule has 0 aliphatic rings.